The molecular formula is C18H30BrIO2Si. The molecule has 0 amide bonds. The first-order valence-electron chi connectivity index (χ1n) is 8.36. The number of ether oxygens (including phenoxy) is 1. The highest BCUT2D eigenvalue weighted by molar-refractivity contribution is 14.1. The largest absolute Gasteiger partial charge is 0.487 e. The second kappa shape index (κ2) is 9.78. The van der Waals surface area contributed by atoms with Crippen molar-refractivity contribution < 1.29 is 9.16 Å². The quantitative estimate of drug-likeness (QED) is 0.205. The number of halogens is 2. The van der Waals surface area contributed by atoms with E-state index in [1.165, 1.54) is 0 Å². The lowest BCUT2D eigenvalue weighted by molar-refractivity contribution is 0.136. The van der Waals surface area contributed by atoms with Crippen molar-refractivity contribution in [3.63, 3.8) is 0 Å². The molecule has 0 N–H and O–H groups in total. The summed E-state index contributed by atoms with van der Waals surface area (Å²) in [5, 5.41) is 0. The minimum absolute atomic E-state index is 0.0971. The first-order chi connectivity index (χ1) is 10.7. The van der Waals surface area contributed by atoms with Crippen LogP contribution < -0.4 is 4.74 Å². The van der Waals surface area contributed by atoms with Gasteiger partial charge in [-0.3, -0.25) is 0 Å². The van der Waals surface area contributed by atoms with Gasteiger partial charge in [0.15, 0.2) is 0 Å². The van der Waals surface area contributed by atoms with Crippen molar-refractivity contribution in [2.24, 2.45) is 0 Å². The molecule has 0 aliphatic heterocycles. The van der Waals surface area contributed by atoms with Crippen LogP contribution in [0.3, 0.4) is 0 Å². The number of rotatable bonds is 9. The molecule has 0 aromatic heterocycles. The van der Waals surface area contributed by atoms with Gasteiger partial charge in [-0.2, -0.15) is 0 Å². The maximum atomic E-state index is 6.66. The lowest BCUT2D eigenvalue weighted by Gasteiger charge is -2.42. The van der Waals surface area contributed by atoms with Crippen LogP contribution in [-0.4, -0.2) is 25.5 Å². The molecule has 1 rings (SSSR count). The van der Waals surface area contributed by atoms with E-state index in [-0.39, 0.29) is 6.10 Å². The maximum absolute atomic E-state index is 6.66. The van der Waals surface area contributed by atoms with Gasteiger partial charge in [0.25, 0.3) is 0 Å². The molecule has 0 unspecified atom stereocenters. The summed E-state index contributed by atoms with van der Waals surface area (Å²) in [4.78, 5) is 0. The van der Waals surface area contributed by atoms with Gasteiger partial charge in [-0.25, -0.2) is 0 Å². The molecule has 1 atom stereocenters. The van der Waals surface area contributed by atoms with Crippen LogP contribution >= 0.6 is 38.5 Å². The number of alkyl halides is 1. The summed E-state index contributed by atoms with van der Waals surface area (Å²) in [6.07, 6.45) is 0.0971. The fourth-order valence-electron chi connectivity index (χ4n) is 3.55. The van der Waals surface area contributed by atoms with Crippen LogP contribution in [0, 0.1) is 0 Å². The van der Waals surface area contributed by atoms with Gasteiger partial charge in [0.1, 0.15) is 11.9 Å². The molecule has 1 aromatic carbocycles. The first kappa shape index (κ1) is 21.4. The zero-order chi connectivity index (χ0) is 17.6. The zero-order valence-electron chi connectivity index (χ0n) is 15.1. The van der Waals surface area contributed by atoms with Crippen LogP contribution in [0.2, 0.25) is 16.6 Å². The Morgan fingerprint density at radius 1 is 0.957 bits per heavy atom. The van der Waals surface area contributed by atoms with Crippen LogP contribution in [0.25, 0.3) is 0 Å². The molecule has 0 fully saturated rings. The van der Waals surface area contributed by atoms with Gasteiger partial charge < -0.3 is 9.16 Å². The zero-order valence-corrected chi connectivity index (χ0v) is 19.8. The summed E-state index contributed by atoms with van der Waals surface area (Å²) in [6, 6.07) is 8.02. The third kappa shape index (κ3) is 5.72. The number of hydrogen-bond acceptors (Lipinski definition) is 2. The minimum Gasteiger partial charge on any atom is -0.487 e. The van der Waals surface area contributed by atoms with Crippen molar-refractivity contribution in [2.75, 3.05) is 11.0 Å². The fraction of sp³-hybridized carbons (Fsp3) is 0.667. The topological polar surface area (TPSA) is 18.5 Å². The second-order valence-electron chi connectivity index (χ2n) is 6.98. The van der Waals surface area contributed by atoms with Gasteiger partial charge in [0.05, 0.1) is 6.61 Å². The Morgan fingerprint density at radius 3 is 1.83 bits per heavy atom. The number of benzene rings is 1. The lowest BCUT2D eigenvalue weighted by Crippen LogP contribution is -2.49. The first-order valence-corrected chi connectivity index (χ1v) is 12.8. The Balaban J connectivity index is 2.79. The van der Waals surface area contributed by atoms with Crippen molar-refractivity contribution in [1.29, 1.82) is 0 Å². The van der Waals surface area contributed by atoms with Crippen LogP contribution in [-0.2, 0) is 4.43 Å². The summed E-state index contributed by atoms with van der Waals surface area (Å²) in [5.74, 6) is 0.907. The normalized spacial score (nSPS) is 13.9. The number of hydrogen-bond donors (Lipinski definition) is 0. The minimum atomic E-state index is -1.82. The maximum Gasteiger partial charge on any atom is 0.200 e. The van der Waals surface area contributed by atoms with E-state index >= 15 is 0 Å². The molecule has 1 aromatic rings. The molecule has 23 heavy (non-hydrogen) atoms. The Hall–Kier alpha value is 0.407. The van der Waals surface area contributed by atoms with Crippen LogP contribution in [0.5, 0.6) is 5.75 Å². The Bertz CT molecular complexity index is 441. The van der Waals surface area contributed by atoms with Gasteiger partial charge in [0, 0.05) is 8.90 Å². The van der Waals surface area contributed by atoms with Gasteiger partial charge in [-0.05, 0) is 40.9 Å². The van der Waals surface area contributed by atoms with Crippen molar-refractivity contribution in [1.82, 2.24) is 0 Å². The van der Waals surface area contributed by atoms with Crippen LogP contribution in [0.4, 0.5) is 0 Å². The average molecular weight is 513 g/mol. The Labute approximate surface area is 165 Å². The Morgan fingerprint density at radius 2 is 1.43 bits per heavy atom. The van der Waals surface area contributed by atoms with Crippen molar-refractivity contribution >= 4 is 46.8 Å². The van der Waals surface area contributed by atoms with Crippen LogP contribution in [0.15, 0.2) is 28.7 Å². The third-order valence-electron chi connectivity index (χ3n) is 4.51. The van der Waals surface area contributed by atoms with E-state index in [0.29, 0.717) is 23.2 Å². The molecule has 0 spiro atoms. The van der Waals surface area contributed by atoms with E-state index in [0.717, 1.165) is 14.6 Å². The third-order valence-corrected chi connectivity index (χ3v) is 12.1. The summed E-state index contributed by atoms with van der Waals surface area (Å²) in [7, 11) is -1.82. The van der Waals surface area contributed by atoms with E-state index in [2.05, 4.69) is 80.1 Å². The second-order valence-corrected chi connectivity index (χ2v) is 14.2. The average Bonchev–Trinajstić information content (AvgIpc) is 2.47. The van der Waals surface area contributed by atoms with E-state index in [4.69, 9.17) is 9.16 Å². The van der Waals surface area contributed by atoms with Crippen LogP contribution in [0.1, 0.15) is 41.5 Å². The summed E-state index contributed by atoms with van der Waals surface area (Å²) in [5.41, 5.74) is 1.81. The summed E-state index contributed by atoms with van der Waals surface area (Å²) in [6.45, 7) is 14.6. The standard InChI is InChI=1S/C18H30BrIO2Si/c1-13(2)23(14(3)4,15(5)6)21-12-18(11-20)22-17-9-7-16(19)8-10-17/h7-10,13-15,18H,11-12H2,1-6H3/t18-/m0/s1. The highest BCUT2D eigenvalue weighted by Gasteiger charge is 2.45. The molecule has 0 bridgehead atoms. The molecule has 0 radical (unpaired) electrons. The summed E-state index contributed by atoms with van der Waals surface area (Å²) < 4.78 is 14.8. The lowest BCUT2D eigenvalue weighted by atomic mass is 10.3. The van der Waals surface area contributed by atoms with Gasteiger partial charge >= 0.3 is 0 Å². The van der Waals surface area contributed by atoms with E-state index in [1.807, 2.05) is 24.3 Å². The Kier molecular flexibility index (Phi) is 9.12. The molecule has 0 aliphatic carbocycles. The van der Waals surface area contributed by atoms with E-state index in [1.54, 1.807) is 0 Å². The van der Waals surface area contributed by atoms with Gasteiger partial charge in [-0.15, -0.1) is 0 Å². The van der Waals surface area contributed by atoms with E-state index < -0.39 is 8.32 Å². The molecule has 2 nitrogen and oxygen atoms in total. The fourth-order valence-corrected chi connectivity index (χ4v) is 9.73. The van der Waals surface area contributed by atoms with Gasteiger partial charge in [-0.1, -0.05) is 80.1 Å². The SMILES string of the molecule is CC(C)[Si](OC[C@H](CI)Oc1ccc(Br)cc1)(C(C)C)C(C)C. The smallest absolute Gasteiger partial charge is 0.200 e. The molecule has 5 heteroatoms. The van der Waals surface area contributed by atoms with Crippen molar-refractivity contribution in [3.05, 3.63) is 28.7 Å². The molecule has 0 aliphatic rings. The molecule has 0 heterocycles. The van der Waals surface area contributed by atoms with Crippen molar-refractivity contribution in [3.8, 4) is 5.75 Å². The highest BCUT2D eigenvalue weighted by Crippen LogP contribution is 2.42. The predicted octanol–water partition coefficient (Wildman–Crippen LogP) is 6.82. The molecular weight excluding hydrogens is 483 g/mol. The molecule has 0 saturated carbocycles. The highest BCUT2D eigenvalue weighted by atomic mass is 127. The molecule has 0 saturated heterocycles. The monoisotopic (exact) mass is 512 g/mol. The summed E-state index contributed by atoms with van der Waals surface area (Å²) >= 11 is 5.84. The van der Waals surface area contributed by atoms with E-state index in [9.17, 15) is 0 Å². The predicted molar refractivity (Wildman–Crippen MR) is 114 cm³/mol. The van der Waals surface area contributed by atoms with Crippen molar-refractivity contribution in [2.45, 2.75) is 64.3 Å². The van der Waals surface area contributed by atoms with Gasteiger partial charge in [0.2, 0.25) is 8.32 Å². The molecule has 132 valence electrons.